The largest absolute Gasteiger partial charge is 0.273 e. The van der Waals surface area contributed by atoms with E-state index in [1.807, 2.05) is 0 Å². The van der Waals surface area contributed by atoms with E-state index in [2.05, 4.69) is 0 Å². The van der Waals surface area contributed by atoms with Gasteiger partial charge in [0, 0.05) is 18.0 Å². The Morgan fingerprint density at radius 1 is 0.731 bits per heavy atom. The summed E-state index contributed by atoms with van der Waals surface area (Å²) in [5.41, 5.74) is -0.887. The van der Waals surface area contributed by atoms with Gasteiger partial charge in [-0.3, -0.25) is 9.59 Å². The first-order chi connectivity index (χ1) is 12.1. The Morgan fingerprint density at radius 3 is 1.50 bits per heavy atom. The van der Waals surface area contributed by atoms with Crippen LogP contribution in [-0.4, -0.2) is 16.1 Å². The molecule has 0 saturated heterocycles. The summed E-state index contributed by atoms with van der Waals surface area (Å²) >= 11 is 23.3. The lowest BCUT2D eigenvalue weighted by molar-refractivity contribution is 0.0777. The van der Waals surface area contributed by atoms with Gasteiger partial charge in [0.2, 0.25) is 0 Å². The lowest BCUT2D eigenvalue weighted by Gasteiger charge is -2.13. The van der Waals surface area contributed by atoms with E-state index in [4.69, 9.17) is 46.4 Å². The van der Waals surface area contributed by atoms with Crippen molar-refractivity contribution in [2.75, 3.05) is 0 Å². The highest BCUT2D eigenvalue weighted by Gasteiger charge is 2.43. The molecule has 3 rings (SSSR count). The minimum Gasteiger partial charge on any atom is -0.268 e. The number of rotatable bonds is 2. The number of halogens is 8. The Morgan fingerprint density at radius 2 is 1.12 bits per heavy atom. The molecule has 0 unspecified atom stereocenters. The normalized spacial score (nSPS) is 13.6. The van der Waals surface area contributed by atoms with Gasteiger partial charge in [0.05, 0.1) is 31.2 Å². The zero-order chi connectivity index (χ0) is 19.5. The molecule has 0 aliphatic carbocycles. The van der Waals surface area contributed by atoms with Crippen molar-refractivity contribution in [1.82, 2.24) is 4.31 Å². The fourth-order valence-electron chi connectivity index (χ4n) is 2.13. The fourth-order valence-corrected chi connectivity index (χ4v) is 4.03. The summed E-state index contributed by atoms with van der Waals surface area (Å²) in [5, 5.41) is -1.41. The average molecular weight is 465 g/mol. The molecule has 0 fully saturated rings. The van der Waals surface area contributed by atoms with E-state index < -0.39 is 61.2 Å². The van der Waals surface area contributed by atoms with E-state index in [0.29, 0.717) is 0 Å². The number of amides is 2. The molecule has 2 aromatic rings. The van der Waals surface area contributed by atoms with Crippen LogP contribution in [0.4, 0.5) is 17.6 Å². The number of carbonyl (C=O) groups is 2. The summed E-state index contributed by atoms with van der Waals surface area (Å²) in [6.45, 7) is 0. The summed E-state index contributed by atoms with van der Waals surface area (Å²) in [7, 11) is 0. The molecule has 136 valence electrons. The van der Waals surface area contributed by atoms with Gasteiger partial charge in [0.25, 0.3) is 11.8 Å². The zero-order valence-electron chi connectivity index (χ0n) is 11.8. The molecular weight excluding hydrogens is 464 g/mol. The number of imide groups is 1. The standard InChI is InChI=1S/C14HCl4F4NO2S/c15-6-4-5(7(16)9(18)8(6)17)14(25)23(13(4)24)26-12-10(21)2(19)1-3(20)11(12)22/h1H. The molecule has 0 aromatic heterocycles. The van der Waals surface area contributed by atoms with Gasteiger partial charge in [-0.15, -0.1) is 0 Å². The van der Waals surface area contributed by atoms with Crippen LogP contribution in [0.1, 0.15) is 20.7 Å². The van der Waals surface area contributed by atoms with Gasteiger partial charge in [-0.1, -0.05) is 46.4 Å². The molecule has 0 radical (unpaired) electrons. The molecule has 26 heavy (non-hydrogen) atoms. The van der Waals surface area contributed by atoms with Crippen LogP contribution >= 0.6 is 58.4 Å². The van der Waals surface area contributed by atoms with Crippen LogP contribution in [0.15, 0.2) is 11.0 Å². The maximum atomic E-state index is 13.8. The molecule has 0 N–H and O–H groups in total. The lowest BCUT2D eigenvalue weighted by atomic mass is 10.1. The van der Waals surface area contributed by atoms with Crippen LogP contribution in [0, 0.1) is 23.3 Å². The molecule has 0 saturated carbocycles. The maximum Gasteiger partial charge on any atom is 0.273 e. The van der Waals surface area contributed by atoms with Gasteiger partial charge in [-0.05, 0) is 0 Å². The Balaban J connectivity index is 2.14. The smallest absolute Gasteiger partial charge is 0.268 e. The lowest BCUT2D eigenvalue weighted by Crippen LogP contribution is -2.23. The van der Waals surface area contributed by atoms with E-state index in [1.165, 1.54) is 0 Å². The third kappa shape index (κ3) is 2.75. The Bertz CT molecular complexity index is 944. The van der Waals surface area contributed by atoms with Crippen molar-refractivity contribution in [2.24, 2.45) is 0 Å². The molecule has 0 spiro atoms. The van der Waals surface area contributed by atoms with E-state index in [9.17, 15) is 27.2 Å². The molecular formula is C14HCl4F4NO2S. The minimum absolute atomic E-state index is 0.00954. The van der Waals surface area contributed by atoms with E-state index in [0.717, 1.165) is 0 Å². The van der Waals surface area contributed by atoms with Gasteiger partial charge < -0.3 is 0 Å². The molecule has 1 aliphatic heterocycles. The van der Waals surface area contributed by atoms with Crippen molar-refractivity contribution >= 4 is 70.2 Å². The molecule has 12 heteroatoms. The number of benzene rings is 2. The highest BCUT2D eigenvalue weighted by molar-refractivity contribution is 7.98. The quantitative estimate of drug-likeness (QED) is 0.175. The highest BCUT2D eigenvalue weighted by atomic mass is 35.5. The van der Waals surface area contributed by atoms with Crippen LogP contribution in [-0.2, 0) is 0 Å². The summed E-state index contributed by atoms with van der Waals surface area (Å²) in [4.78, 5) is 23.7. The van der Waals surface area contributed by atoms with Gasteiger partial charge in [-0.25, -0.2) is 21.9 Å². The molecule has 1 heterocycles. The second-order valence-electron chi connectivity index (χ2n) is 4.80. The SMILES string of the molecule is O=C1c2c(Cl)c(Cl)c(Cl)c(Cl)c2C(=O)N1Sc1c(F)c(F)cc(F)c1F. The van der Waals surface area contributed by atoms with Gasteiger partial charge in [0.1, 0.15) is 4.90 Å². The Hall–Kier alpha value is -1.19. The predicted octanol–water partition coefficient (Wildman–Crippen LogP) is 6.16. The fraction of sp³-hybridized carbons (Fsp3) is 0. The molecule has 1 aliphatic rings. The van der Waals surface area contributed by atoms with Crippen LogP contribution in [0.3, 0.4) is 0 Å². The summed E-state index contributed by atoms with van der Waals surface area (Å²) < 4.78 is 54.5. The molecule has 2 amide bonds. The summed E-state index contributed by atoms with van der Waals surface area (Å²) in [5.74, 6) is -9.24. The number of carbonyl (C=O) groups excluding carboxylic acids is 2. The van der Waals surface area contributed by atoms with E-state index in [1.54, 1.807) is 0 Å². The van der Waals surface area contributed by atoms with Crippen molar-refractivity contribution in [1.29, 1.82) is 0 Å². The van der Waals surface area contributed by atoms with Crippen molar-refractivity contribution in [3.8, 4) is 0 Å². The van der Waals surface area contributed by atoms with Crippen molar-refractivity contribution in [2.45, 2.75) is 4.90 Å². The first kappa shape index (κ1) is 19.6. The zero-order valence-corrected chi connectivity index (χ0v) is 15.6. The van der Waals surface area contributed by atoms with Crippen molar-refractivity contribution < 1.29 is 27.2 Å². The molecule has 0 atom stereocenters. The Labute approximate surface area is 166 Å². The van der Waals surface area contributed by atoms with E-state index >= 15 is 0 Å². The second-order valence-corrected chi connectivity index (χ2v) is 7.27. The van der Waals surface area contributed by atoms with Crippen LogP contribution in [0.2, 0.25) is 20.1 Å². The average Bonchev–Trinajstić information content (AvgIpc) is 2.84. The third-order valence-electron chi connectivity index (χ3n) is 3.32. The molecule has 0 bridgehead atoms. The highest BCUT2D eigenvalue weighted by Crippen LogP contribution is 2.47. The monoisotopic (exact) mass is 463 g/mol. The second kappa shape index (κ2) is 6.76. The van der Waals surface area contributed by atoms with Crippen LogP contribution < -0.4 is 0 Å². The first-order valence-corrected chi connectivity index (χ1v) is 8.62. The van der Waals surface area contributed by atoms with Crippen LogP contribution in [0.5, 0.6) is 0 Å². The topological polar surface area (TPSA) is 37.4 Å². The molecule has 2 aromatic carbocycles. The number of nitrogens with zero attached hydrogens (tertiary/aromatic N) is 1. The predicted molar refractivity (Wildman–Crippen MR) is 89.1 cm³/mol. The minimum atomic E-state index is -1.78. The number of hydrogen-bond donors (Lipinski definition) is 0. The summed E-state index contributed by atoms with van der Waals surface area (Å²) in [6.07, 6.45) is 0. The Kier molecular flexibility index (Phi) is 5.09. The number of fused-ring (bicyclic) bond motifs is 1. The van der Waals surface area contributed by atoms with Gasteiger partial charge in [0.15, 0.2) is 23.3 Å². The molecule has 3 nitrogen and oxygen atoms in total. The van der Waals surface area contributed by atoms with Gasteiger partial charge in [-0.2, -0.15) is 0 Å². The maximum absolute atomic E-state index is 13.8. The van der Waals surface area contributed by atoms with Crippen LogP contribution in [0.25, 0.3) is 0 Å². The number of hydrogen-bond acceptors (Lipinski definition) is 3. The van der Waals surface area contributed by atoms with E-state index in [-0.39, 0.29) is 32.4 Å². The third-order valence-corrected chi connectivity index (χ3v) is 6.18. The first-order valence-electron chi connectivity index (χ1n) is 6.33. The van der Waals surface area contributed by atoms with Gasteiger partial charge >= 0.3 is 0 Å². The van der Waals surface area contributed by atoms with Crippen molar-refractivity contribution in [3.63, 3.8) is 0 Å². The van der Waals surface area contributed by atoms with Crippen molar-refractivity contribution in [3.05, 3.63) is 60.6 Å². The summed E-state index contributed by atoms with van der Waals surface area (Å²) in [6, 6.07) is -0.00954.